The molecule has 0 radical (unpaired) electrons. The SMILES string of the molecule is Cc1cc(C)cc(-c2[nH]c3c(c2[C@H](C)CNCCc2ccncc2)CN(C(=O)C2CCCC2)CC3)c1. The van der Waals surface area contributed by atoms with Gasteiger partial charge in [-0.3, -0.25) is 9.78 Å². The van der Waals surface area contributed by atoms with E-state index in [4.69, 9.17) is 0 Å². The van der Waals surface area contributed by atoms with E-state index >= 15 is 0 Å². The fourth-order valence-corrected chi connectivity index (χ4v) is 6.23. The van der Waals surface area contributed by atoms with E-state index in [1.807, 2.05) is 12.4 Å². The molecule has 1 fully saturated rings. The maximum Gasteiger partial charge on any atom is 0.225 e. The van der Waals surface area contributed by atoms with E-state index in [0.717, 1.165) is 51.9 Å². The van der Waals surface area contributed by atoms with Crippen LogP contribution < -0.4 is 5.32 Å². The van der Waals surface area contributed by atoms with Crippen LogP contribution in [0.5, 0.6) is 0 Å². The van der Waals surface area contributed by atoms with Gasteiger partial charge in [0.25, 0.3) is 0 Å². The maximum atomic E-state index is 13.3. The number of H-pyrrole nitrogens is 1. The minimum atomic E-state index is 0.236. The lowest BCUT2D eigenvalue weighted by molar-refractivity contribution is -0.136. The zero-order chi connectivity index (χ0) is 25.1. The maximum absolute atomic E-state index is 13.3. The molecule has 2 N–H and O–H groups in total. The smallest absolute Gasteiger partial charge is 0.225 e. The van der Waals surface area contributed by atoms with E-state index in [2.05, 4.69) is 71.3 Å². The first-order valence-electron chi connectivity index (χ1n) is 13.7. The molecule has 5 rings (SSSR count). The lowest BCUT2D eigenvalue weighted by Gasteiger charge is -2.30. The number of nitrogens with zero attached hydrogens (tertiary/aromatic N) is 2. The number of aryl methyl sites for hydroxylation is 2. The van der Waals surface area contributed by atoms with Gasteiger partial charge in [-0.05, 0) is 92.1 Å². The molecule has 2 aromatic heterocycles. The number of benzene rings is 1. The molecule has 1 aromatic carbocycles. The number of carbonyl (C=O) groups is 1. The molecule has 0 unspecified atom stereocenters. The summed E-state index contributed by atoms with van der Waals surface area (Å²) in [5.74, 6) is 0.946. The van der Waals surface area contributed by atoms with Crippen molar-refractivity contribution in [2.75, 3.05) is 19.6 Å². The highest BCUT2D eigenvalue weighted by Crippen LogP contribution is 2.38. The van der Waals surface area contributed by atoms with Gasteiger partial charge in [-0.1, -0.05) is 37.0 Å². The molecule has 1 atom stereocenters. The zero-order valence-corrected chi connectivity index (χ0v) is 22.1. The van der Waals surface area contributed by atoms with Crippen LogP contribution in [-0.2, 0) is 24.2 Å². The van der Waals surface area contributed by atoms with Gasteiger partial charge in [-0.2, -0.15) is 0 Å². The number of carbonyl (C=O) groups excluding carboxylic acids is 1. The van der Waals surface area contributed by atoms with Crippen LogP contribution in [0.15, 0.2) is 42.7 Å². The van der Waals surface area contributed by atoms with Crippen molar-refractivity contribution in [2.45, 2.75) is 71.8 Å². The van der Waals surface area contributed by atoms with Crippen molar-refractivity contribution in [3.63, 3.8) is 0 Å². The average molecular weight is 485 g/mol. The minimum Gasteiger partial charge on any atom is -0.358 e. The molecule has 0 spiro atoms. The number of fused-ring (bicyclic) bond motifs is 1. The number of aromatic nitrogens is 2. The first kappa shape index (κ1) is 24.8. The summed E-state index contributed by atoms with van der Waals surface area (Å²) in [5.41, 5.74) is 10.4. The van der Waals surface area contributed by atoms with E-state index in [1.165, 1.54) is 57.6 Å². The Balaban J connectivity index is 1.39. The Morgan fingerprint density at radius 3 is 2.58 bits per heavy atom. The number of amides is 1. The molecule has 5 heteroatoms. The van der Waals surface area contributed by atoms with Crippen molar-refractivity contribution >= 4 is 5.91 Å². The van der Waals surface area contributed by atoms with Crippen LogP contribution in [0.3, 0.4) is 0 Å². The predicted molar refractivity (Wildman–Crippen MR) is 146 cm³/mol. The van der Waals surface area contributed by atoms with Crippen molar-refractivity contribution in [3.05, 3.63) is 76.2 Å². The molecule has 1 amide bonds. The van der Waals surface area contributed by atoms with E-state index in [-0.39, 0.29) is 5.92 Å². The monoisotopic (exact) mass is 484 g/mol. The molecule has 0 saturated heterocycles. The normalized spacial score (nSPS) is 16.8. The van der Waals surface area contributed by atoms with Gasteiger partial charge in [-0.25, -0.2) is 0 Å². The molecule has 0 bridgehead atoms. The van der Waals surface area contributed by atoms with Crippen LogP contribution in [0.2, 0.25) is 0 Å². The summed E-state index contributed by atoms with van der Waals surface area (Å²) >= 11 is 0. The number of aromatic amines is 1. The summed E-state index contributed by atoms with van der Waals surface area (Å²) in [6.07, 6.45) is 10.1. The summed E-state index contributed by atoms with van der Waals surface area (Å²) in [7, 11) is 0. The molecule has 190 valence electrons. The van der Waals surface area contributed by atoms with Gasteiger partial charge >= 0.3 is 0 Å². The number of nitrogens with one attached hydrogen (secondary N) is 2. The molecule has 2 aliphatic rings. The topological polar surface area (TPSA) is 61.0 Å². The van der Waals surface area contributed by atoms with Gasteiger partial charge < -0.3 is 15.2 Å². The second-order valence-electron chi connectivity index (χ2n) is 10.9. The van der Waals surface area contributed by atoms with Gasteiger partial charge in [0.15, 0.2) is 0 Å². The fourth-order valence-electron chi connectivity index (χ4n) is 6.23. The molecule has 1 aliphatic carbocycles. The Morgan fingerprint density at radius 1 is 1.14 bits per heavy atom. The molecule has 3 aromatic rings. The molecular weight excluding hydrogens is 444 g/mol. The van der Waals surface area contributed by atoms with Crippen LogP contribution in [0, 0.1) is 19.8 Å². The molecular formula is C31H40N4O. The zero-order valence-electron chi connectivity index (χ0n) is 22.1. The summed E-state index contributed by atoms with van der Waals surface area (Å²) < 4.78 is 0. The summed E-state index contributed by atoms with van der Waals surface area (Å²) in [5, 5.41) is 3.69. The second kappa shape index (κ2) is 11.0. The van der Waals surface area contributed by atoms with Crippen molar-refractivity contribution in [2.24, 2.45) is 5.92 Å². The Labute approximate surface area is 215 Å². The molecule has 3 heterocycles. The third kappa shape index (κ3) is 5.41. The highest BCUT2D eigenvalue weighted by molar-refractivity contribution is 5.80. The van der Waals surface area contributed by atoms with E-state index < -0.39 is 0 Å². The molecule has 1 saturated carbocycles. The highest BCUT2D eigenvalue weighted by atomic mass is 16.2. The number of pyridine rings is 1. The van der Waals surface area contributed by atoms with Crippen LogP contribution in [0.4, 0.5) is 0 Å². The Bertz CT molecular complexity index is 1170. The molecule has 36 heavy (non-hydrogen) atoms. The van der Waals surface area contributed by atoms with Crippen molar-refractivity contribution in [1.82, 2.24) is 20.2 Å². The van der Waals surface area contributed by atoms with Crippen LogP contribution in [-0.4, -0.2) is 40.4 Å². The first-order valence-corrected chi connectivity index (χ1v) is 13.7. The van der Waals surface area contributed by atoms with Crippen LogP contribution in [0.1, 0.15) is 72.0 Å². The van der Waals surface area contributed by atoms with Crippen molar-refractivity contribution in [1.29, 1.82) is 0 Å². The summed E-state index contributed by atoms with van der Waals surface area (Å²) in [4.78, 5) is 23.4. The van der Waals surface area contributed by atoms with Gasteiger partial charge in [0, 0.05) is 55.8 Å². The van der Waals surface area contributed by atoms with Crippen molar-refractivity contribution in [3.8, 4) is 11.3 Å². The quantitative estimate of drug-likeness (QED) is 0.403. The highest BCUT2D eigenvalue weighted by Gasteiger charge is 2.33. The van der Waals surface area contributed by atoms with E-state index in [0.29, 0.717) is 11.8 Å². The van der Waals surface area contributed by atoms with E-state index in [9.17, 15) is 4.79 Å². The minimum absolute atomic E-state index is 0.236. The number of hydrogen-bond acceptors (Lipinski definition) is 3. The molecule has 5 nitrogen and oxygen atoms in total. The lowest BCUT2D eigenvalue weighted by atomic mass is 9.90. The number of rotatable bonds is 8. The number of hydrogen-bond donors (Lipinski definition) is 2. The molecule has 1 aliphatic heterocycles. The Hall–Kier alpha value is -2.92. The Morgan fingerprint density at radius 2 is 1.86 bits per heavy atom. The van der Waals surface area contributed by atoms with E-state index in [1.54, 1.807) is 0 Å². The average Bonchev–Trinajstić information content (AvgIpc) is 3.54. The lowest BCUT2D eigenvalue weighted by Crippen LogP contribution is -2.39. The predicted octanol–water partition coefficient (Wildman–Crippen LogP) is 5.70. The van der Waals surface area contributed by atoms with Gasteiger partial charge in [0.1, 0.15) is 0 Å². The summed E-state index contributed by atoms with van der Waals surface area (Å²) in [6, 6.07) is 11.0. The first-order chi connectivity index (χ1) is 17.5. The third-order valence-corrected chi connectivity index (χ3v) is 8.02. The summed E-state index contributed by atoms with van der Waals surface area (Å²) in [6.45, 7) is 10.1. The second-order valence-corrected chi connectivity index (χ2v) is 10.9. The largest absolute Gasteiger partial charge is 0.358 e. The third-order valence-electron chi connectivity index (χ3n) is 8.02. The standard InChI is InChI=1S/C31H40N4O/c1-21-16-22(2)18-26(17-21)30-29(23(3)19-33-14-10-24-8-12-32-13-9-24)27-20-35(15-11-28(27)34-30)31(36)25-6-4-5-7-25/h8-9,12-13,16-18,23,25,33-34H,4-7,10-11,14-15,19-20H2,1-3H3/t23-/m1/s1. The van der Waals surface area contributed by atoms with Gasteiger partial charge in [0.05, 0.1) is 0 Å². The van der Waals surface area contributed by atoms with Gasteiger partial charge in [0.2, 0.25) is 5.91 Å². The van der Waals surface area contributed by atoms with Crippen molar-refractivity contribution < 1.29 is 4.79 Å². The van der Waals surface area contributed by atoms with Crippen LogP contribution >= 0.6 is 0 Å². The van der Waals surface area contributed by atoms with Crippen LogP contribution in [0.25, 0.3) is 11.3 Å². The fraction of sp³-hybridized carbons (Fsp3) is 0.484. The Kier molecular flexibility index (Phi) is 7.56. The van der Waals surface area contributed by atoms with Gasteiger partial charge in [-0.15, -0.1) is 0 Å².